The number of carbonyl (C=O) groups is 1. The first-order valence-corrected chi connectivity index (χ1v) is 9.39. The predicted molar refractivity (Wildman–Crippen MR) is 93.5 cm³/mol. The highest BCUT2D eigenvalue weighted by Crippen LogP contribution is 2.39. The zero-order valence-corrected chi connectivity index (χ0v) is 14.6. The SMILES string of the molecule is CN(C(=O)[C@@H]1C[C@H]2CC[C@H]1O2)[C@H]1CCCN(Cc2ccccc2)C1. The van der Waals surface area contributed by atoms with Crippen LogP contribution in [0.1, 0.15) is 37.7 Å². The number of carbonyl (C=O) groups excluding carboxylic acids is 1. The highest BCUT2D eigenvalue weighted by atomic mass is 16.5. The second-order valence-corrected chi connectivity index (χ2v) is 7.68. The summed E-state index contributed by atoms with van der Waals surface area (Å²) in [4.78, 5) is 17.5. The normalized spacial score (nSPS) is 32.9. The summed E-state index contributed by atoms with van der Waals surface area (Å²) in [5.74, 6) is 0.423. The average molecular weight is 328 g/mol. The van der Waals surface area contributed by atoms with E-state index >= 15 is 0 Å². The molecule has 4 heteroatoms. The Morgan fingerprint density at radius 2 is 2.08 bits per heavy atom. The third-order valence-corrected chi connectivity index (χ3v) is 6.05. The number of rotatable bonds is 4. The van der Waals surface area contributed by atoms with Crippen LogP contribution in [0.25, 0.3) is 0 Å². The Hall–Kier alpha value is -1.39. The maximum absolute atomic E-state index is 12.9. The fourth-order valence-electron chi connectivity index (χ4n) is 4.67. The predicted octanol–water partition coefficient (Wildman–Crippen LogP) is 2.68. The average Bonchev–Trinajstić information content (AvgIpc) is 3.25. The molecular weight excluding hydrogens is 300 g/mol. The quantitative estimate of drug-likeness (QED) is 0.852. The Balaban J connectivity index is 1.36. The second kappa shape index (κ2) is 6.85. The van der Waals surface area contributed by atoms with Gasteiger partial charge in [0, 0.05) is 26.2 Å². The number of benzene rings is 1. The molecule has 0 N–H and O–H groups in total. The lowest BCUT2D eigenvalue weighted by atomic mass is 9.87. The van der Waals surface area contributed by atoms with Crippen molar-refractivity contribution in [1.82, 2.24) is 9.80 Å². The van der Waals surface area contributed by atoms with E-state index in [1.807, 2.05) is 11.9 Å². The molecule has 3 aliphatic rings. The molecule has 0 spiro atoms. The van der Waals surface area contributed by atoms with Gasteiger partial charge in [0.05, 0.1) is 18.1 Å². The van der Waals surface area contributed by atoms with Crippen molar-refractivity contribution in [2.45, 2.75) is 56.9 Å². The summed E-state index contributed by atoms with van der Waals surface area (Å²) >= 11 is 0. The maximum atomic E-state index is 12.9. The molecule has 4 atom stereocenters. The summed E-state index contributed by atoms with van der Waals surface area (Å²) in [5, 5.41) is 0. The van der Waals surface area contributed by atoms with Gasteiger partial charge < -0.3 is 9.64 Å². The van der Waals surface area contributed by atoms with Crippen LogP contribution in [0.3, 0.4) is 0 Å². The van der Waals surface area contributed by atoms with Crippen LogP contribution in [-0.4, -0.2) is 54.1 Å². The zero-order valence-electron chi connectivity index (χ0n) is 14.6. The van der Waals surface area contributed by atoms with Crippen molar-refractivity contribution >= 4 is 5.91 Å². The molecule has 3 fully saturated rings. The van der Waals surface area contributed by atoms with Crippen LogP contribution in [-0.2, 0) is 16.1 Å². The van der Waals surface area contributed by atoms with Gasteiger partial charge in [0.15, 0.2) is 0 Å². The molecule has 3 aliphatic heterocycles. The molecule has 0 aliphatic carbocycles. The number of hydrogen-bond acceptors (Lipinski definition) is 3. The number of likely N-dealkylation sites (N-methyl/N-ethyl adjacent to an activating group) is 1. The van der Waals surface area contributed by atoms with E-state index in [0.29, 0.717) is 18.1 Å². The van der Waals surface area contributed by atoms with E-state index in [9.17, 15) is 4.79 Å². The summed E-state index contributed by atoms with van der Waals surface area (Å²) in [6.07, 6.45) is 5.98. The number of piperidine rings is 1. The Morgan fingerprint density at radius 3 is 2.79 bits per heavy atom. The van der Waals surface area contributed by atoms with E-state index in [4.69, 9.17) is 4.74 Å². The molecule has 4 nitrogen and oxygen atoms in total. The van der Waals surface area contributed by atoms with Crippen molar-refractivity contribution in [3.05, 3.63) is 35.9 Å². The molecule has 0 unspecified atom stereocenters. The van der Waals surface area contributed by atoms with Gasteiger partial charge in [-0.15, -0.1) is 0 Å². The molecule has 0 aromatic heterocycles. The third-order valence-electron chi connectivity index (χ3n) is 6.05. The van der Waals surface area contributed by atoms with Crippen molar-refractivity contribution in [1.29, 1.82) is 0 Å². The molecule has 1 aromatic carbocycles. The van der Waals surface area contributed by atoms with Gasteiger partial charge >= 0.3 is 0 Å². The third kappa shape index (κ3) is 3.22. The molecule has 2 bridgehead atoms. The smallest absolute Gasteiger partial charge is 0.228 e. The van der Waals surface area contributed by atoms with Crippen LogP contribution >= 0.6 is 0 Å². The van der Waals surface area contributed by atoms with Crippen LogP contribution in [0.15, 0.2) is 30.3 Å². The Morgan fingerprint density at radius 1 is 1.25 bits per heavy atom. The molecule has 0 radical (unpaired) electrons. The first-order chi connectivity index (χ1) is 11.7. The number of likely N-dealkylation sites (tertiary alicyclic amines) is 1. The molecular formula is C20H28N2O2. The minimum Gasteiger partial charge on any atom is -0.374 e. The lowest BCUT2D eigenvalue weighted by Crippen LogP contribution is -2.50. The van der Waals surface area contributed by atoms with Crippen molar-refractivity contribution in [3.8, 4) is 0 Å². The number of hydrogen-bond donors (Lipinski definition) is 0. The standard InChI is InChI=1S/C20H28N2O2/c1-21(20(23)18-12-17-9-10-19(18)24-17)16-8-5-11-22(14-16)13-15-6-3-2-4-7-15/h2-4,6-7,16-19H,5,8-14H2,1H3/t16-,17+,18+,19+/m0/s1. The van der Waals surface area contributed by atoms with Gasteiger partial charge in [0.2, 0.25) is 5.91 Å². The highest BCUT2D eigenvalue weighted by Gasteiger charge is 2.46. The Bertz CT molecular complexity index is 576. The molecule has 24 heavy (non-hydrogen) atoms. The summed E-state index contributed by atoms with van der Waals surface area (Å²) in [5.41, 5.74) is 1.36. The van der Waals surface area contributed by atoms with E-state index < -0.39 is 0 Å². The lowest BCUT2D eigenvalue weighted by Gasteiger charge is -2.39. The molecule has 0 saturated carbocycles. The first-order valence-electron chi connectivity index (χ1n) is 9.39. The van der Waals surface area contributed by atoms with Gasteiger partial charge in [0.1, 0.15) is 0 Å². The highest BCUT2D eigenvalue weighted by molar-refractivity contribution is 5.80. The van der Waals surface area contributed by atoms with Crippen molar-refractivity contribution < 1.29 is 9.53 Å². The van der Waals surface area contributed by atoms with Gasteiger partial charge in [0.25, 0.3) is 0 Å². The molecule has 1 amide bonds. The summed E-state index contributed by atoms with van der Waals surface area (Å²) in [6.45, 7) is 3.10. The minimum atomic E-state index is 0.109. The summed E-state index contributed by atoms with van der Waals surface area (Å²) < 4.78 is 5.89. The first kappa shape index (κ1) is 16.1. The molecule has 4 rings (SSSR count). The molecule has 3 heterocycles. The fourth-order valence-corrected chi connectivity index (χ4v) is 4.67. The van der Waals surface area contributed by atoms with E-state index in [0.717, 1.165) is 45.3 Å². The summed E-state index contributed by atoms with van der Waals surface area (Å²) in [7, 11) is 2.00. The number of nitrogens with zero attached hydrogens (tertiary/aromatic N) is 2. The fraction of sp³-hybridized carbons (Fsp3) is 0.650. The second-order valence-electron chi connectivity index (χ2n) is 7.68. The molecule has 1 aromatic rings. The van der Waals surface area contributed by atoms with E-state index in [1.165, 1.54) is 12.0 Å². The van der Waals surface area contributed by atoms with Crippen LogP contribution in [0, 0.1) is 5.92 Å². The topological polar surface area (TPSA) is 32.8 Å². The summed E-state index contributed by atoms with van der Waals surface area (Å²) in [6, 6.07) is 11.0. The van der Waals surface area contributed by atoms with Gasteiger partial charge in [-0.05, 0) is 44.2 Å². The van der Waals surface area contributed by atoms with Gasteiger partial charge in [-0.1, -0.05) is 30.3 Å². The van der Waals surface area contributed by atoms with Gasteiger partial charge in [-0.2, -0.15) is 0 Å². The molecule has 130 valence electrons. The maximum Gasteiger partial charge on any atom is 0.228 e. The number of amides is 1. The van der Waals surface area contributed by atoms with E-state index in [1.54, 1.807) is 0 Å². The minimum absolute atomic E-state index is 0.109. The number of ether oxygens (including phenoxy) is 1. The Kier molecular flexibility index (Phi) is 4.59. The van der Waals surface area contributed by atoms with Gasteiger partial charge in [-0.3, -0.25) is 9.69 Å². The van der Waals surface area contributed by atoms with Crippen LogP contribution in [0.4, 0.5) is 0 Å². The van der Waals surface area contributed by atoms with Crippen LogP contribution < -0.4 is 0 Å². The lowest BCUT2D eigenvalue weighted by molar-refractivity contribution is -0.139. The van der Waals surface area contributed by atoms with Crippen LogP contribution in [0.2, 0.25) is 0 Å². The Labute approximate surface area is 144 Å². The largest absolute Gasteiger partial charge is 0.374 e. The zero-order chi connectivity index (χ0) is 16.5. The monoisotopic (exact) mass is 328 g/mol. The van der Waals surface area contributed by atoms with Crippen molar-refractivity contribution in [2.24, 2.45) is 5.92 Å². The van der Waals surface area contributed by atoms with Crippen molar-refractivity contribution in [2.75, 3.05) is 20.1 Å². The van der Waals surface area contributed by atoms with E-state index in [-0.39, 0.29) is 12.0 Å². The van der Waals surface area contributed by atoms with Gasteiger partial charge in [-0.25, -0.2) is 0 Å². The molecule has 3 saturated heterocycles. The van der Waals surface area contributed by atoms with Crippen molar-refractivity contribution in [3.63, 3.8) is 0 Å². The van der Waals surface area contributed by atoms with E-state index in [2.05, 4.69) is 35.2 Å². The number of fused-ring (bicyclic) bond motifs is 2. The van der Waals surface area contributed by atoms with Crippen LogP contribution in [0.5, 0.6) is 0 Å².